The molecule has 10 aromatic rings. The van der Waals surface area contributed by atoms with Gasteiger partial charge in [-0.05, 0) is 191 Å². The van der Waals surface area contributed by atoms with Gasteiger partial charge in [-0.2, -0.15) is 0 Å². The van der Waals surface area contributed by atoms with Gasteiger partial charge in [-0.3, -0.25) is 0 Å². The van der Waals surface area contributed by atoms with Gasteiger partial charge in [-0.15, -0.1) is 0 Å². The lowest BCUT2D eigenvalue weighted by atomic mass is 9.92. The summed E-state index contributed by atoms with van der Waals surface area (Å²) in [6.45, 7) is 0. The Morgan fingerprint density at radius 3 is 0.649 bits per heavy atom. The molecule has 0 aliphatic carbocycles. The summed E-state index contributed by atoms with van der Waals surface area (Å²) in [7, 11) is -15.6. The SMILES string of the molecule is O=S(=O)(c1ccc(Br)cc1)c1ccc(-c2cccc(Oc3cccc(-c4ccc(S(=O)(=O)c5ccc(Br)cc5)cc4)c3-c3ccc(S(=O)(=O)c4ccc(Br)cc4)cc3)c2-c2ccc(S(=O)(=O)c3ccc(Br)cc3)cc2)cc1. The molecule has 0 radical (unpaired) electrons. The van der Waals surface area contributed by atoms with Gasteiger partial charge in [0.2, 0.25) is 39.3 Å². The Bertz CT molecular complexity index is 4030. The van der Waals surface area contributed by atoms with Crippen molar-refractivity contribution in [3.63, 3.8) is 0 Å². The van der Waals surface area contributed by atoms with Gasteiger partial charge in [0.05, 0.1) is 39.2 Å². The molecule has 0 saturated carbocycles. The molecule has 9 nitrogen and oxygen atoms in total. The minimum Gasteiger partial charge on any atom is -0.456 e. The fourth-order valence-corrected chi connectivity index (χ4v) is 14.8. The second-order valence-corrected chi connectivity index (χ2v) is 28.8. The van der Waals surface area contributed by atoms with Crippen molar-refractivity contribution in [3.8, 4) is 56.0 Å². The quantitative estimate of drug-likeness (QED) is 0.104. The largest absolute Gasteiger partial charge is 0.456 e. The average Bonchev–Trinajstić information content (AvgIpc) is 3.46. The van der Waals surface area contributed by atoms with E-state index in [1.165, 1.54) is 97.1 Å². The van der Waals surface area contributed by atoms with E-state index in [2.05, 4.69) is 63.7 Å². The van der Waals surface area contributed by atoms with Crippen LogP contribution >= 0.6 is 63.7 Å². The Morgan fingerprint density at radius 1 is 0.234 bits per heavy atom. The highest BCUT2D eigenvalue weighted by Gasteiger charge is 2.25. The summed E-state index contributed by atoms with van der Waals surface area (Å²) in [6, 6.07) is 62.2. The molecule has 0 aliphatic heterocycles. The molecule has 0 N–H and O–H groups in total. The molecule has 77 heavy (non-hydrogen) atoms. The summed E-state index contributed by atoms with van der Waals surface area (Å²) in [5.74, 6) is 0.669. The van der Waals surface area contributed by atoms with Crippen LogP contribution in [0.15, 0.2) is 288 Å². The average molecular weight is 1350 g/mol. The molecule has 384 valence electrons. The third kappa shape index (κ3) is 11.1. The van der Waals surface area contributed by atoms with E-state index in [1.807, 2.05) is 12.1 Å². The van der Waals surface area contributed by atoms with Crippen LogP contribution in [-0.4, -0.2) is 33.7 Å². The molecule has 10 rings (SSSR count). The van der Waals surface area contributed by atoms with Gasteiger partial charge >= 0.3 is 0 Å². The maximum absolute atomic E-state index is 13.9. The van der Waals surface area contributed by atoms with Gasteiger partial charge in [-0.25, -0.2) is 33.7 Å². The van der Waals surface area contributed by atoms with Crippen molar-refractivity contribution in [2.75, 3.05) is 0 Å². The molecular formula is C60H38Br4O9S4. The Labute approximate surface area is 480 Å². The number of hydrogen-bond acceptors (Lipinski definition) is 9. The van der Waals surface area contributed by atoms with Crippen molar-refractivity contribution in [1.82, 2.24) is 0 Å². The van der Waals surface area contributed by atoms with E-state index < -0.39 is 39.3 Å². The number of halogens is 4. The molecule has 0 amide bonds. The van der Waals surface area contributed by atoms with E-state index in [9.17, 15) is 33.7 Å². The van der Waals surface area contributed by atoms with Gasteiger partial charge in [-0.1, -0.05) is 137 Å². The highest BCUT2D eigenvalue weighted by Crippen LogP contribution is 2.47. The van der Waals surface area contributed by atoms with Gasteiger partial charge in [0.1, 0.15) is 11.5 Å². The van der Waals surface area contributed by atoms with Crippen LogP contribution in [0.3, 0.4) is 0 Å². The smallest absolute Gasteiger partial charge is 0.206 e. The van der Waals surface area contributed by atoms with E-state index in [0.717, 1.165) is 17.9 Å². The number of hydrogen-bond donors (Lipinski definition) is 0. The summed E-state index contributed by atoms with van der Waals surface area (Å²) in [5.41, 5.74) is 4.72. The van der Waals surface area contributed by atoms with Crippen molar-refractivity contribution >= 4 is 103 Å². The second kappa shape index (κ2) is 21.9. The van der Waals surface area contributed by atoms with Crippen LogP contribution < -0.4 is 4.74 Å². The van der Waals surface area contributed by atoms with Crippen LogP contribution in [0.1, 0.15) is 0 Å². The first-order valence-corrected chi connectivity index (χ1v) is 32.3. The van der Waals surface area contributed by atoms with E-state index in [1.54, 1.807) is 121 Å². The number of benzene rings is 10. The Hall–Kier alpha value is -6.28. The zero-order chi connectivity index (χ0) is 54.3. The predicted molar refractivity (Wildman–Crippen MR) is 313 cm³/mol. The molecule has 17 heteroatoms. The van der Waals surface area contributed by atoms with Crippen LogP contribution in [0.2, 0.25) is 0 Å². The molecule has 10 aromatic carbocycles. The van der Waals surface area contributed by atoms with E-state index in [-0.39, 0.29) is 39.2 Å². The fourth-order valence-electron chi connectivity index (χ4n) is 8.66. The van der Waals surface area contributed by atoms with Crippen molar-refractivity contribution in [2.45, 2.75) is 39.2 Å². The minimum atomic E-state index is -3.93. The molecule has 0 bridgehead atoms. The molecule has 0 atom stereocenters. The normalized spacial score (nSPS) is 12.1. The van der Waals surface area contributed by atoms with Crippen LogP contribution in [0.4, 0.5) is 0 Å². The van der Waals surface area contributed by atoms with Crippen molar-refractivity contribution in [1.29, 1.82) is 0 Å². The Balaban J connectivity index is 1.12. The van der Waals surface area contributed by atoms with Crippen molar-refractivity contribution in [3.05, 3.63) is 248 Å². The van der Waals surface area contributed by atoms with Crippen LogP contribution in [-0.2, 0) is 39.3 Å². The lowest BCUT2D eigenvalue weighted by molar-refractivity contribution is 0.486. The predicted octanol–water partition coefficient (Wildman–Crippen LogP) is 16.5. The standard InChI is InChI=1S/C60H38Br4O9S4/c61-43-15-31-51(32-16-43)74(65,66)47-23-7-39(8-24-47)55-3-1-5-57(59(55)41-11-27-49(28-12-41)76(69,70)53-35-19-45(63)20-36-53)73-58-6-2-4-56(40-9-25-48(26-10-40)75(67,68)52-33-17-44(62)18-34-52)60(58)42-13-29-50(30-14-42)77(71,72)54-37-21-46(64)22-38-54/h1-38H. The van der Waals surface area contributed by atoms with Crippen molar-refractivity contribution in [2.24, 2.45) is 0 Å². The van der Waals surface area contributed by atoms with E-state index in [4.69, 9.17) is 4.74 Å². The monoisotopic (exact) mass is 1350 g/mol. The maximum Gasteiger partial charge on any atom is 0.206 e. The number of rotatable bonds is 14. The first-order chi connectivity index (χ1) is 36.8. The third-order valence-corrected chi connectivity index (χ3v) is 21.9. The van der Waals surface area contributed by atoms with E-state index in [0.29, 0.717) is 56.0 Å². The summed E-state index contributed by atoms with van der Waals surface area (Å²) in [4.78, 5) is 0.759. The maximum atomic E-state index is 13.9. The third-order valence-electron chi connectivity index (χ3n) is 12.6. The number of sulfone groups is 4. The molecule has 0 aliphatic rings. The van der Waals surface area contributed by atoms with Crippen LogP contribution in [0, 0.1) is 0 Å². The lowest BCUT2D eigenvalue weighted by Gasteiger charge is -2.20. The zero-order valence-electron chi connectivity index (χ0n) is 39.8. The molecular weight excluding hydrogens is 1310 g/mol. The molecule has 0 heterocycles. The molecule has 0 spiro atoms. The fraction of sp³-hybridized carbons (Fsp3) is 0. The second-order valence-electron chi connectivity index (χ2n) is 17.4. The molecule has 0 saturated heterocycles. The number of ether oxygens (including phenoxy) is 1. The Kier molecular flexibility index (Phi) is 15.4. The summed E-state index contributed by atoms with van der Waals surface area (Å²) in [6.07, 6.45) is 0. The topological polar surface area (TPSA) is 146 Å². The van der Waals surface area contributed by atoms with Gasteiger partial charge < -0.3 is 4.74 Å². The van der Waals surface area contributed by atoms with Gasteiger partial charge in [0, 0.05) is 29.0 Å². The Morgan fingerprint density at radius 2 is 0.429 bits per heavy atom. The van der Waals surface area contributed by atoms with Crippen molar-refractivity contribution < 1.29 is 38.4 Å². The molecule has 0 unspecified atom stereocenters. The molecule has 0 aromatic heterocycles. The highest BCUT2D eigenvalue weighted by atomic mass is 79.9. The van der Waals surface area contributed by atoms with Gasteiger partial charge in [0.15, 0.2) is 0 Å². The first kappa shape index (κ1) is 54.1. The van der Waals surface area contributed by atoms with E-state index >= 15 is 0 Å². The summed E-state index contributed by atoms with van der Waals surface area (Å²) in [5, 5.41) is 0. The lowest BCUT2D eigenvalue weighted by Crippen LogP contribution is -2.02. The minimum absolute atomic E-state index is 0.0577. The first-order valence-electron chi connectivity index (χ1n) is 23.2. The van der Waals surface area contributed by atoms with Crippen LogP contribution in [0.25, 0.3) is 44.5 Å². The summed E-state index contributed by atoms with van der Waals surface area (Å²) < 4.78 is 121. The zero-order valence-corrected chi connectivity index (χ0v) is 49.4. The highest BCUT2D eigenvalue weighted by molar-refractivity contribution is 9.11. The molecule has 0 fully saturated rings. The van der Waals surface area contributed by atoms with Crippen LogP contribution in [0.5, 0.6) is 11.5 Å². The van der Waals surface area contributed by atoms with Gasteiger partial charge in [0.25, 0.3) is 0 Å². The summed E-state index contributed by atoms with van der Waals surface area (Å²) >= 11 is 13.5.